The average molecular weight is 390 g/mol. The molecule has 7 nitrogen and oxygen atoms in total. The van der Waals surface area contributed by atoms with Crippen molar-refractivity contribution in [2.75, 3.05) is 46.4 Å². The van der Waals surface area contributed by atoms with Crippen LogP contribution in [-0.2, 0) is 9.53 Å². The van der Waals surface area contributed by atoms with Gasteiger partial charge in [0, 0.05) is 25.2 Å². The highest BCUT2D eigenvalue weighted by Crippen LogP contribution is 2.20. The summed E-state index contributed by atoms with van der Waals surface area (Å²) in [5, 5.41) is 8.79. The van der Waals surface area contributed by atoms with Crippen LogP contribution in [0.5, 0.6) is 5.75 Å². The first kappa shape index (κ1) is 21.0. The number of hydrogen-bond donors (Lipinski definition) is 1. The lowest BCUT2D eigenvalue weighted by molar-refractivity contribution is -0.153. The Kier molecular flexibility index (Phi) is 7.03. The van der Waals surface area contributed by atoms with E-state index in [1.54, 1.807) is 16.8 Å². The van der Waals surface area contributed by atoms with Crippen LogP contribution in [0.4, 0.5) is 13.2 Å². The van der Waals surface area contributed by atoms with E-state index < -0.39 is 18.8 Å². The minimum Gasteiger partial charge on any atom is -0.484 e. The maximum atomic E-state index is 12.6. The van der Waals surface area contributed by atoms with Gasteiger partial charge in [-0.2, -0.15) is 13.2 Å². The lowest BCUT2D eigenvalue weighted by Crippen LogP contribution is -2.49. The van der Waals surface area contributed by atoms with Crippen molar-refractivity contribution in [3.8, 4) is 5.75 Å². The summed E-state index contributed by atoms with van der Waals surface area (Å²) >= 11 is 0. The highest BCUT2D eigenvalue weighted by atomic mass is 19.4. The van der Waals surface area contributed by atoms with Crippen LogP contribution in [0, 0.1) is 0 Å². The standard InChI is InChI=1S/C17H21F3N2O5/c1-21(10-15(23)24)8-14-9-22(6-7-26-14)16(25)12-2-4-13(5-3-12)27-11-17(18,19)20/h2-5,14H,6-11H2,1H3,(H,23,24). The number of hydrogen-bond acceptors (Lipinski definition) is 5. The van der Waals surface area contributed by atoms with Crippen molar-refractivity contribution in [1.82, 2.24) is 9.80 Å². The third-order valence-electron chi connectivity index (χ3n) is 3.85. The van der Waals surface area contributed by atoms with Crippen molar-refractivity contribution in [3.63, 3.8) is 0 Å². The van der Waals surface area contributed by atoms with Crippen LogP contribution in [0.1, 0.15) is 10.4 Å². The Morgan fingerprint density at radius 3 is 2.59 bits per heavy atom. The van der Waals surface area contributed by atoms with E-state index >= 15 is 0 Å². The van der Waals surface area contributed by atoms with Gasteiger partial charge in [-0.15, -0.1) is 0 Å². The van der Waals surface area contributed by atoms with E-state index in [1.807, 2.05) is 0 Å². The van der Waals surface area contributed by atoms with Crippen molar-refractivity contribution in [2.45, 2.75) is 12.3 Å². The number of halogens is 3. The SMILES string of the molecule is CN(CC(=O)O)CC1CN(C(=O)c2ccc(OCC(F)(F)F)cc2)CCO1. The molecule has 0 aliphatic carbocycles. The van der Waals surface area contributed by atoms with Gasteiger partial charge in [-0.05, 0) is 31.3 Å². The number of amides is 1. The lowest BCUT2D eigenvalue weighted by atomic mass is 10.1. The highest BCUT2D eigenvalue weighted by molar-refractivity contribution is 5.94. The molecule has 1 fully saturated rings. The zero-order valence-corrected chi connectivity index (χ0v) is 14.7. The molecule has 1 N–H and O–H groups in total. The predicted molar refractivity (Wildman–Crippen MR) is 88.8 cm³/mol. The van der Waals surface area contributed by atoms with Crippen LogP contribution >= 0.6 is 0 Å². The molecule has 10 heteroatoms. The minimum atomic E-state index is -4.43. The van der Waals surface area contributed by atoms with Gasteiger partial charge in [-0.1, -0.05) is 0 Å². The van der Waals surface area contributed by atoms with Crippen LogP contribution in [0.25, 0.3) is 0 Å². The van der Waals surface area contributed by atoms with Crippen molar-refractivity contribution < 1.29 is 37.3 Å². The maximum absolute atomic E-state index is 12.6. The monoisotopic (exact) mass is 390 g/mol. The number of carboxylic acids is 1. The topological polar surface area (TPSA) is 79.3 Å². The third kappa shape index (κ3) is 7.06. The second-order valence-electron chi connectivity index (χ2n) is 6.26. The quantitative estimate of drug-likeness (QED) is 0.760. The summed E-state index contributed by atoms with van der Waals surface area (Å²) in [6, 6.07) is 5.46. The third-order valence-corrected chi connectivity index (χ3v) is 3.85. The zero-order chi connectivity index (χ0) is 20.0. The molecule has 0 saturated carbocycles. The molecule has 1 aromatic carbocycles. The Labute approximate surface area is 154 Å². The molecule has 1 aliphatic heterocycles. The van der Waals surface area contributed by atoms with Crippen molar-refractivity contribution in [3.05, 3.63) is 29.8 Å². The molecule has 0 spiro atoms. The molecular weight excluding hydrogens is 369 g/mol. The predicted octanol–water partition coefficient (Wildman–Crippen LogP) is 1.49. The van der Waals surface area contributed by atoms with Crippen molar-refractivity contribution in [2.24, 2.45) is 0 Å². The highest BCUT2D eigenvalue weighted by Gasteiger charge is 2.29. The molecule has 1 heterocycles. The smallest absolute Gasteiger partial charge is 0.422 e. The van der Waals surface area contributed by atoms with Crippen LogP contribution in [0.2, 0.25) is 0 Å². The van der Waals surface area contributed by atoms with Gasteiger partial charge in [0.1, 0.15) is 5.75 Å². The van der Waals surface area contributed by atoms with E-state index in [9.17, 15) is 22.8 Å². The average Bonchev–Trinajstić information content (AvgIpc) is 2.58. The number of alkyl halides is 3. The van der Waals surface area contributed by atoms with Crippen molar-refractivity contribution >= 4 is 11.9 Å². The fourth-order valence-electron chi connectivity index (χ4n) is 2.70. The van der Waals surface area contributed by atoms with E-state index in [0.29, 0.717) is 31.8 Å². The van der Waals surface area contributed by atoms with Crippen molar-refractivity contribution in [1.29, 1.82) is 0 Å². The molecule has 27 heavy (non-hydrogen) atoms. The molecule has 2 rings (SSSR count). The van der Waals surface area contributed by atoms with Gasteiger partial charge < -0.3 is 19.5 Å². The summed E-state index contributed by atoms with van der Waals surface area (Å²) in [6.07, 6.45) is -4.74. The van der Waals surface area contributed by atoms with E-state index in [1.165, 1.54) is 24.3 Å². The Bertz CT molecular complexity index is 651. The van der Waals surface area contributed by atoms with Gasteiger partial charge in [-0.3, -0.25) is 14.5 Å². The number of carbonyl (C=O) groups excluding carboxylic acids is 1. The molecule has 0 radical (unpaired) electrons. The van der Waals surface area contributed by atoms with Gasteiger partial charge in [-0.25, -0.2) is 0 Å². The second-order valence-corrected chi connectivity index (χ2v) is 6.26. The summed E-state index contributed by atoms with van der Waals surface area (Å²) in [4.78, 5) is 26.5. The molecular formula is C17H21F3N2O5. The van der Waals surface area contributed by atoms with Crippen LogP contribution < -0.4 is 4.74 Å². The van der Waals surface area contributed by atoms with E-state index in [0.717, 1.165) is 0 Å². The normalized spacial score (nSPS) is 17.8. The number of rotatable bonds is 7. The van der Waals surface area contributed by atoms with Gasteiger partial charge >= 0.3 is 12.1 Å². The Hall–Kier alpha value is -2.33. The molecule has 1 saturated heterocycles. The largest absolute Gasteiger partial charge is 0.484 e. The van der Waals surface area contributed by atoms with Crippen LogP contribution in [-0.4, -0.2) is 85.5 Å². The molecule has 0 bridgehead atoms. The summed E-state index contributed by atoms with van der Waals surface area (Å²) < 4.78 is 46.7. The first-order valence-electron chi connectivity index (χ1n) is 8.25. The molecule has 1 atom stereocenters. The van der Waals surface area contributed by atoms with Gasteiger partial charge in [0.05, 0.1) is 19.3 Å². The molecule has 1 unspecified atom stereocenters. The number of likely N-dealkylation sites (N-methyl/N-ethyl adjacent to an activating group) is 1. The van der Waals surface area contributed by atoms with Gasteiger partial charge in [0.2, 0.25) is 0 Å². The minimum absolute atomic E-state index is 0.0269. The first-order chi connectivity index (χ1) is 12.6. The summed E-state index contributed by atoms with van der Waals surface area (Å²) in [7, 11) is 1.65. The second kappa shape index (κ2) is 9.05. The number of aliphatic carboxylic acids is 1. The summed E-state index contributed by atoms with van der Waals surface area (Å²) in [5.41, 5.74) is 0.328. The van der Waals surface area contributed by atoms with Crippen LogP contribution in [0.15, 0.2) is 24.3 Å². The molecule has 0 aromatic heterocycles. The number of benzene rings is 1. The number of morpholine rings is 1. The number of nitrogens with zero attached hydrogens (tertiary/aromatic N) is 2. The first-order valence-corrected chi connectivity index (χ1v) is 8.25. The molecule has 1 aromatic rings. The van der Waals surface area contributed by atoms with E-state index in [2.05, 4.69) is 4.74 Å². The lowest BCUT2D eigenvalue weighted by Gasteiger charge is -2.34. The summed E-state index contributed by atoms with van der Waals surface area (Å²) in [6.45, 7) is -0.160. The van der Waals surface area contributed by atoms with E-state index in [-0.39, 0.29) is 24.3 Å². The molecule has 150 valence electrons. The number of carboxylic acid groups (broad SMARTS) is 1. The molecule has 1 aliphatic rings. The van der Waals surface area contributed by atoms with Crippen LogP contribution in [0.3, 0.4) is 0 Å². The number of carbonyl (C=O) groups is 2. The van der Waals surface area contributed by atoms with E-state index in [4.69, 9.17) is 9.84 Å². The van der Waals surface area contributed by atoms with Gasteiger partial charge in [0.25, 0.3) is 5.91 Å². The maximum Gasteiger partial charge on any atom is 0.422 e. The Balaban J connectivity index is 1.91. The number of ether oxygens (including phenoxy) is 2. The summed E-state index contributed by atoms with van der Waals surface area (Å²) in [5.74, 6) is -1.19. The Morgan fingerprint density at radius 2 is 2.00 bits per heavy atom. The van der Waals surface area contributed by atoms with Gasteiger partial charge in [0.15, 0.2) is 6.61 Å². The Morgan fingerprint density at radius 1 is 1.33 bits per heavy atom. The molecule has 1 amide bonds. The fraction of sp³-hybridized carbons (Fsp3) is 0.529. The zero-order valence-electron chi connectivity index (χ0n) is 14.7. The fourth-order valence-corrected chi connectivity index (χ4v) is 2.70.